The van der Waals surface area contributed by atoms with Crippen molar-refractivity contribution in [2.75, 3.05) is 6.54 Å². The maximum absolute atomic E-state index is 5.64. The Morgan fingerprint density at radius 2 is 2.32 bits per heavy atom. The highest BCUT2D eigenvalue weighted by molar-refractivity contribution is 7.16. The summed E-state index contributed by atoms with van der Waals surface area (Å²) in [5.74, 6) is 1.15. The van der Waals surface area contributed by atoms with Gasteiger partial charge in [-0.15, -0.1) is 10.2 Å². The fourth-order valence-corrected chi connectivity index (χ4v) is 2.79. The molecule has 6 nitrogen and oxygen atoms in total. The summed E-state index contributed by atoms with van der Waals surface area (Å²) >= 11 is 1.56. The summed E-state index contributed by atoms with van der Waals surface area (Å²) in [5.41, 5.74) is 6.56. The highest BCUT2D eigenvalue weighted by Crippen LogP contribution is 2.22. The predicted molar refractivity (Wildman–Crippen MR) is 73.8 cm³/mol. The first-order valence-electron chi connectivity index (χ1n) is 6.09. The second-order valence-electron chi connectivity index (χ2n) is 4.50. The zero-order valence-electron chi connectivity index (χ0n) is 10.5. The van der Waals surface area contributed by atoms with Gasteiger partial charge in [0, 0.05) is 24.4 Å². The van der Waals surface area contributed by atoms with Gasteiger partial charge in [-0.1, -0.05) is 18.3 Å². The van der Waals surface area contributed by atoms with Crippen LogP contribution in [0.1, 0.15) is 11.9 Å². The van der Waals surface area contributed by atoms with Gasteiger partial charge in [-0.25, -0.2) is 0 Å². The first-order chi connectivity index (χ1) is 9.28. The lowest BCUT2D eigenvalue weighted by Crippen LogP contribution is -2.13. The van der Waals surface area contributed by atoms with E-state index in [9.17, 15) is 0 Å². The van der Waals surface area contributed by atoms with Gasteiger partial charge in [0.25, 0.3) is 0 Å². The molecule has 3 rings (SSSR count). The lowest BCUT2D eigenvalue weighted by Gasteiger charge is -2.03. The van der Waals surface area contributed by atoms with E-state index in [0.717, 1.165) is 27.8 Å². The summed E-state index contributed by atoms with van der Waals surface area (Å²) in [4.78, 5) is 4.90. The Bertz CT molecular complexity index is 674. The molecule has 0 amide bonds. The van der Waals surface area contributed by atoms with E-state index in [0.29, 0.717) is 12.5 Å². The van der Waals surface area contributed by atoms with E-state index in [-0.39, 0.29) is 0 Å². The summed E-state index contributed by atoms with van der Waals surface area (Å²) in [6, 6.07) is 3.82. The van der Waals surface area contributed by atoms with Gasteiger partial charge in [0.1, 0.15) is 5.01 Å². The van der Waals surface area contributed by atoms with Crippen molar-refractivity contribution >= 4 is 16.3 Å². The first-order valence-corrected chi connectivity index (χ1v) is 6.91. The fraction of sp³-hybridized carbons (Fsp3) is 0.333. The average Bonchev–Trinajstić information content (AvgIpc) is 2.99. The van der Waals surface area contributed by atoms with Gasteiger partial charge in [0.05, 0.1) is 0 Å². The summed E-state index contributed by atoms with van der Waals surface area (Å²) < 4.78 is 1.78. The Morgan fingerprint density at radius 3 is 3.05 bits per heavy atom. The van der Waals surface area contributed by atoms with E-state index in [1.165, 1.54) is 0 Å². The van der Waals surface area contributed by atoms with Gasteiger partial charge < -0.3 is 5.73 Å². The lowest BCUT2D eigenvalue weighted by molar-refractivity contribution is 0.586. The molecule has 0 saturated carbocycles. The third kappa shape index (κ3) is 2.34. The first kappa shape index (κ1) is 12.2. The van der Waals surface area contributed by atoms with Crippen molar-refractivity contribution in [2.45, 2.75) is 13.3 Å². The fourth-order valence-electron chi connectivity index (χ4n) is 1.80. The van der Waals surface area contributed by atoms with E-state index in [1.807, 2.05) is 12.1 Å². The number of pyridine rings is 1. The van der Waals surface area contributed by atoms with Gasteiger partial charge in [0.15, 0.2) is 5.82 Å². The molecule has 0 saturated heterocycles. The van der Waals surface area contributed by atoms with E-state index in [2.05, 4.69) is 27.2 Å². The molecular formula is C12H14N6S. The van der Waals surface area contributed by atoms with E-state index < -0.39 is 0 Å². The van der Waals surface area contributed by atoms with Gasteiger partial charge in [0.2, 0.25) is 4.96 Å². The third-order valence-electron chi connectivity index (χ3n) is 2.88. The second-order valence-corrected chi connectivity index (χ2v) is 5.54. The van der Waals surface area contributed by atoms with Crippen molar-refractivity contribution in [1.29, 1.82) is 0 Å². The molecule has 1 unspecified atom stereocenters. The molecule has 0 spiro atoms. The number of rotatable bonds is 4. The zero-order valence-corrected chi connectivity index (χ0v) is 11.3. The molecule has 3 aromatic heterocycles. The van der Waals surface area contributed by atoms with Crippen LogP contribution in [0.15, 0.2) is 24.5 Å². The molecule has 1 atom stereocenters. The molecule has 0 fully saturated rings. The van der Waals surface area contributed by atoms with Gasteiger partial charge in [-0.2, -0.15) is 9.61 Å². The number of hydrogen-bond donors (Lipinski definition) is 1. The number of fused-ring (bicyclic) bond motifs is 1. The van der Waals surface area contributed by atoms with Crippen LogP contribution in [-0.2, 0) is 6.42 Å². The van der Waals surface area contributed by atoms with Crippen molar-refractivity contribution in [2.24, 2.45) is 11.7 Å². The Hall–Kier alpha value is -1.86. The SMILES string of the molecule is CC(CN)Cc1nn2c(-c3cccnc3)nnc2s1. The quantitative estimate of drug-likeness (QED) is 0.777. The maximum atomic E-state index is 5.64. The predicted octanol–water partition coefficient (Wildman–Crippen LogP) is 1.39. The molecule has 7 heteroatoms. The molecule has 3 heterocycles. The average molecular weight is 274 g/mol. The number of nitrogens with two attached hydrogens (primary N) is 1. The van der Waals surface area contributed by atoms with Gasteiger partial charge in [-0.05, 0) is 24.6 Å². The van der Waals surface area contributed by atoms with Crippen LogP contribution >= 0.6 is 11.3 Å². The van der Waals surface area contributed by atoms with E-state index >= 15 is 0 Å². The molecule has 0 bridgehead atoms. The number of nitrogens with zero attached hydrogens (tertiary/aromatic N) is 5. The Labute approximate surface area is 114 Å². The number of hydrogen-bond acceptors (Lipinski definition) is 6. The molecule has 2 N–H and O–H groups in total. The highest BCUT2D eigenvalue weighted by atomic mass is 32.1. The monoisotopic (exact) mass is 274 g/mol. The molecule has 0 aromatic carbocycles. The van der Waals surface area contributed by atoms with Crippen LogP contribution in [-0.4, -0.2) is 31.3 Å². The summed E-state index contributed by atoms with van der Waals surface area (Å²) in [6.07, 6.45) is 4.37. The Kier molecular flexibility index (Phi) is 3.22. The van der Waals surface area contributed by atoms with Crippen LogP contribution in [0.2, 0.25) is 0 Å². The van der Waals surface area contributed by atoms with E-state index in [4.69, 9.17) is 5.73 Å². The minimum atomic E-state index is 0.422. The summed E-state index contributed by atoms with van der Waals surface area (Å²) in [7, 11) is 0. The minimum Gasteiger partial charge on any atom is -0.330 e. The molecule has 0 aliphatic rings. The van der Waals surface area contributed by atoms with Crippen molar-refractivity contribution in [3.05, 3.63) is 29.5 Å². The Balaban J connectivity index is 1.99. The molecule has 3 aromatic rings. The van der Waals surface area contributed by atoms with Crippen LogP contribution in [0.25, 0.3) is 16.3 Å². The van der Waals surface area contributed by atoms with Crippen LogP contribution in [0.3, 0.4) is 0 Å². The van der Waals surface area contributed by atoms with Crippen molar-refractivity contribution in [1.82, 2.24) is 24.8 Å². The highest BCUT2D eigenvalue weighted by Gasteiger charge is 2.14. The summed E-state index contributed by atoms with van der Waals surface area (Å²) in [5, 5.41) is 13.9. The third-order valence-corrected chi connectivity index (χ3v) is 3.80. The molecule has 0 aliphatic heterocycles. The van der Waals surface area contributed by atoms with Crippen molar-refractivity contribution in [3.63, 3.8) is 0 Å². The van der Waals surface area contributed by atoms with Crippen LogP contribution in [0.4, 0.5) is 0 Å². The standard InChI is InChI=1S/C12H14N6S/c1-8(6-13)5-10-17-18-11(15-16-12(18)19-10)9-3-2-4-14-7-9/h2-4,7-8H,5-6,13H2,1H3. The number of aromatic nitrogens is 5. The van der Waals surface area contributed by atoms with E-state index in [1.54, 1.807) is 28.2 Å². The van der Waals surface area contributed by atoms with Crippen LogP contribution < -0.4 is 5.73 Å². The summed E-state index contributed by atoms with van der Waals surface area (Å²) in [6.45, 7) is 2.78. The van der Waals surface area contributed by atoms with Gasteiger partial charge in [-0.3, -0.25) is 4.98 Å². The van der Waals surface area contributed by atoms with Gasteiger partial charge >= 0.3 is 0 Å². The lowest BCUT2D eigenvalue weighted by atomic mass is 10.1. The van der Waals surface area contributed by atoms with Crippen LogP contribution in [0.5, 0.6) is 0 Å². The van der Waals surface area contributed by atoms with Crippen molar-refractivity contribution in [3.8, 4) is 11.4 Å². The van der Waals surface area contributed by atoms with Crippen molar-refractivity contribution < 1.29 is 0 Å². The van der Waals surface area contributed by atoms with Crippen LogP contribution in [0, 0.1) is 5.92 Å². The maximum Gasteiger partial charge on any atom is 0.234 e. The molecular weight excluding hydrogens is 260 g/mol. The minimum absolute atomic E-state index is 0.422. The molecule has 19 heavy (non-hydrogen) atoms. The normalized spacial score (nSPS) is 12.9. The molecule has 98 valence electrons. The molecule has 0 radical (unpaired) electrons. The second kappa shape index (κ2) is 5.02. The molecule has 0 aliphatic carbocycles. The topological polar surface area (TPSA) is 82.0 Å². The largest absolute Gasteiger partial charge is 0.330 e. The Morgan fingerprint density at radius 1 is 1.42 bits per heavy atom. The zero-order chi connectivity index (χ0) is 13.2. The smallest absolute Gasteiger partial charge is 0.234 e.